The van der Waals surface area contributed by atoms with E-state index < -0.39 is 0 Å². The van der Waals surface area contributed by atoms with Crippen LogP contribution in [0.25, 0.3) is 0 Å². The standard InChI is InChI=1S/C12H15IO/c1-9-6-7-10(9)8-14-12-5-3-2-4-11(12)13/h2-5,9-10H,6-8H2,1H3/t9-,10+/m1/s1. The van der Waals surface area contributed by atoms with E-state index in [1.807, 2.05) is 18.2 Å². The second kappa shape index (κ2) is 4.51. The van der Waals surface area contributed by atoms with E-state index in [9.17, 15) is 0 Å². The summed E-state index contributed by atoms with van der Waals surface area (Å²) in [6, 6.07) is 8.20. The Morgan fingerprint density at radius 2 is 2.14 bits per heavy atom. The van der Waals surface area contributed by atoms with Crippen molar-refractivity contribution in [1.29, 1.82) is 0 Å². The summed E-state index contributed by atoms with van der Waals surface area (Å²) in [6.45, 7) is 3.20. The molecule has 0 radical (unpaired) electrons. The average molecular weight is 302 g/mol. The van der Waals surface area contributed by atoms with Crippen molar-refractivity contribution >= 4 is 22.6 Å². The van der Waals surface area contributed by atoms with Crippen LogP contribution in [0.4, 0.5) is 0 Å². The molecule has 0 bridgehead atoms. The molecule has 0 unspecified atom stereocenters. The largest absolute Gasteiger partial charge is 0.492 e. The highest BCUT2D eigenvalue weighted by atomic mass is 127. The van der Waals surface area contributed by atoms with Crippen molar-refractivity contribution in [3.8, 4) is 5.75 Å². The van der Waals surface area contributed by atoms with E-state index >= 15 is 0 Å². The van der Waals surface area contributed by atoms with Gasteiger partial charge in [0.05, 0.1) is 10.2 Å². The molecule has 2 heteroatoms. The maximum Gasteiger partial charge on any atom is 0.132 e. The highest BCUT2D eigenvalue weighted by Crippen LogP contribution is 2.34. The molecule has 1 nitrogen and oxygen atoms in total. The minimum atomic E-state index is 0.783. The molecule has 2 atom stereocenters. The van der Waals surface area contributed by atoms with E-state index in [1.165, 1.54) is 16.4 Å². The first kappa shape index (κ1) is 10.3. The van der Waals surface area contributed by atoms with E-state index in [0.29, 0.717) is 0 Å². The van der Waals surface area contributed by atoms with Gasteiger partial charge in [-0.3, -0.25) is 0 Å². The number of hydrogen-bond acceptors (Lipinski definition) is 1. The van der Waals surface area contributed by atoms with Crippen LogP contribution in [0.15, 0.2) is 24.3 Å². The molecule has 1 aromatic carbocycles. The van der Waals surface area contributed by atoms with Crippen molar-refractivity contribution < 1.29 is 4.74 Å². The number of hydrogen-bond donors (Lipinski definition) is 0. The van der Waals surface area contributed by atoms with Gasteiger partial charge in [-0.2, -0.15) is 0 Å². The predicted octanol–water partition coefficient (Wildman–Crippen LogP) is 3.72. The highest BCUT2D eigenvalue weighted by Gasteiger charge is 2.27. The lowest BCUT2D eigenvalue weighted by Gasteiger charge is -2.33. The van der Waals surface area contributed by atoms with Crippen molar-refractivity contribution in [3.63, 3.8) is 0 Å². The fourth-order valence-electron chi connectivity index (χ4n) is 1.74. The van der Waals surface area contributed by atoms with Crippen LogP contribution in [0.5, 0.6) is 5.75 Å². The van der Waals surface area contributed by atoms with E-state index in [-0.39, 0.29) is 0 Å². The van der Waals surface area contributed by atoms with Gasteiger partial charge in [-0.05, 0) is 59.4 Å². The van der Waals surface area contributed by atoms with Gasteiger partial charge in [0.2, 0.25) is 0 Å². The van der Waals surface area contributed by atoms with Crippen LogP contribution < -0.4 is 4.74 Å². The first-order chi connectivity index (χ1) is 6.77. The first-order valence-electron chi connectivity index (χ1n) is 5.14. The van der Waals surface area contributed by atoms with E-state index in [4.69, 9.17) is 4.74 Å². The molecule has 1 aromatic rings. The summed E-state index contributed by atoms with van der Waals surface area (Å²) in [4.78, 5) is 0. The molecule has 1 saturated carbocycles. The lowest BCUT2D eigenvalue weighted by Crippen LogP contribution is -2.28. The van der Waals surface area contributed by atoms with Gasteiger partial charge in [0.25, 0.3) is 0 Å². The number of rotatable bonds is 3. The molecule has 0 amide bonds. The minimum absolute atomic E-state index is 0.783. The van der Waals surface area contributed by atoms with E-state index in [0.717, 1.165) is 24.2 Å². The van der Waals surface area contributed by atoms with E-state index in [2.05, 4.69) is 35.6 Å². The van der Waals surface area contributed by atoms with Crippen molar-refractivity contribution in [2.45, 2.75) is 19.8 Å². The molecule has 0 N–H and O–H groups in total. The summed E-state index contributed by atoms with van der Waals surface area (Å²) in [5.41, 5.74) is 0. The monoisotopic (exact) mass is 302 g/mol. The van der Waals surface area contributed by atoms with E-state index in [1.54, 1.807) is 0 Å². The van der Waals surface area contributed by atoms with Crippen LogP contribution in [-0.4, -0.2) is 6.61 Å². The molecule has 14 heavy (non-hydrogen) atoms. The summed E-state index contributed by atoms with van der Waals surface area (Å²) in [5, 5.41) is 0. The Balaban J connectivity index is 1.88. The highest BCUT2D eigenvalue weighted by molar-refractivity contribution is 14.1. The van der Waals surface area contributed by atoms with Gasteiger partial charge < -0.3 is 4.74 Å². The minimum Gasteiger partial charge on any atom is -0.492 e. The van der Waals surface area contributed by atoms with Crippen LogP contribution in [0, 0.1) is 15.4 Å². The van der Waals surface area contributed by atoms with Crippen molar-refractivity contribution in [3.05, 3.63) is 27.8 Å². The molecule has 0 spiro atoms. The molecule has 0 aliphatic heterocycles. The van der Waals surface area contributed by atoms with Crippen LogP contribution in [0.1, 0.15) is 19.8 Å². The molecular weight excluding hydrogens is 287 g/mol. The Hall–Kier alpha value is -0.250. The lowest BCUT2D eigenvalue weighted by atomic mass is 9.75. The molecule has 1 aliphatic rings. The smallest absolute Gasteiger partial charge is 0.132 e. The van der Waals surface area contributed by atoms with Crippen LogP contribution in [0.2, 0.25) is 0 Å². The molecule has 2 rings (SSSR count). The van der Waals surface area contributed by atoms with Gasteiger partial charge in [-0.25, -0.2) is 0 Å². The third-order valence-corrected chi connectivity index (χ3v) is 3.98. The zero-order chi connectivity index (χ0) is 9.97. The van der Waals surface area contributed by atoms with Gasteiger partial charge in [-0.1, -0.05) is 19.1 Å². The Morgan fingerprint density at radius 1 is 1.36 bits per heavy atom. The van der Waals surface area contributed by atoms with Crippen molar-refractivity contribution in [2.75, 3.05) is 6.61 Å². The zero-order valence-corrected chi connectivity index (χ0v) is 10.5. The molecule has 1 aliphatic carbocycles. The molecular formula is C12H15IO. The van der Waals surface area contributed by atoms with Crippen LogP contribution in [-0.2, 0) is 0 Å². The number of ether oxygens (including phenoxy) is 1. The molecule has 0 aromatic heterocycles. The predicted molar refractivity (Wildman–Crippen MR) is 66.5 cm³/mol. The Kier molecular flexibility index (Phi) is 3.31. The summed E-state index contributed by atoms with van der Waals surface area (Å²) < 4.78 is 7.01. The number of para-hydroxylation sites is 1. The normalized spacial score (nSPS) is 25.6. The second-order valence-electron chi connectivity index (χ2n) is 4.06. The maximum atomic E-state index is 5.80. The van der Waals surface area contributed by atoms with Gasteiger partial charge in [0, 0.05) is 0 Å². The Morgan fingerprint density at radius 3 is 2.71 bits per heavy atom. The maximum absolute atomic E-state index is 5.80. The summed E-state index contributed by atoms with van der Waals surface area (Å²) in [6.07, 6.45) is 2.71. The fraction of sp³-hybridized carbons (Fsp3) is 0.500. The van der Waals surface area contributed by atoms with Crippen molar-refractivity contribution in [2.24, 2.45) is 11.8 Å². The summed E-state index contributed by atoms with van der Waals surface area (Å²) in [7, 11) is 0. The molecule has 76 valence electrons. The first-order valence-corrected chi connectivity index (χ1v) is 6.22. The van der Waals surface area contributed by atoms with Crippen LogP contribution >= 0.6 is 22.6 Å². The third kappa shape index (κ3) is 2.22. The topological polar surface area (TPSA) is 9.23 Å². The quantitative estimate of drug-likeness (QED) is 0.773. The summed E-state index contributed by atoms with van der Waals surface area (Å²) >= 11 is 2.32. The summed E-state index contributed by atoms with van der Waals surface area (Å²) in [5.74, 6) is 2.68. The number of benzene rings is 1. The van der Waals surface area contributed by atoms with Gasteiger partial charge in [-0.15, -0.1) is 0 Å². The average Bonchev–Trinajstić information content (AvgIpc) is 2.19. The van der Waals surface area contributed by atoms with Crippen LogP contribution in [0.3, 0.4) is 0 Å². The SMILES string of the molecule is C[C@@H]1CC[C@H]1COc1ccccc1I. The fourth-order valence-corrected chi connectivity index (χ4v) is 2.29. The number of halogens is 1. The second-order valence-corrected chi connectivity index (χ2v) is 5.22. The zero-order valence-electron chi connectivity index (χ0n) is 8.37. The van der Waals surface area contributed by atoms with Gasteiger partial charge >= 0.3 is 0 Å². The molecule has 1 fully saturated rings. The third-order valence-electron chi connectivity index (χ3n) is 3.09. The Labute approximate surface area is 99.0 Å². The Bertz CT molecular complexity index is 311. The lowest BCUT2D eigenvalue weighted by molar-refractivity contribution is 0.116. The van der Waals surface area contributed by atoms with Crippen molar-refractivity contribution in [1.82, 2.24) is 0 Å². The van der Waals surface area contributed by atoms with Gasteiger partial charge in [0.1, 0.15) is 5.75 Å². The van der Waals surface area contributed by atoms with Gasteiger partial charge in [0.15, 0.2) is 0 Å². The molecule has 0 saturated heterocycles. The molecule has 0 heterocycles.